The molecule has 0 aliphatic carbocycles. The van der Waals surface area contributed by atoms with E-state index in [2.05, 4.69) is 29.9 Å². The van der Waals surface area contributed by atoms with Gasteiger partial charge in [0.15, 0.2) is 0 Å². The molecule has 6 aromatic heterocycles. The SMILES string of the molecule is Cc1nc2nc(n1)oc1ccc(cc1)oc1nc(C)nc(n1)oc1ccc(cc1)o2. The molecule has 0 radical (unpaired) electrons. The molecular weight excluding hydrogens is 388 g/mol. The molecule has 6 heterocycles. The lowest BCUT2D eigenvalue weighted by atomic mass is 10.3. The van der Waals surface area contributed by atoms with Crippen molar-refractivity contribution in [2.75, 3.05) is 0 Å². The van der Waals surface area contributed by atoms with Crippen molar-refractivity contribution in [1.82, 2.24) is 29.9 Å². The Bertz CT molecular complexity index is 1280. The molecule has 10 nitrogen and oxygen atoms in total. The Balaban J connectivity index is 1.89. The van der Waals surface area contributed by atoms with Crippen molar-refractivity contribution in [1.29, 1.82) is 0 Å². The molecule has 10 heteroatoms. The molecule has 0 fully saturated rings. The van der Waals surface area contributed by atoms with Crippen molar-refractivity contribution in [2.24, 2.45) is 0 Å². The highest BCUT2D eigenvalue weighted by Crippen LogP contribution is 2.12. The van der Waals surface area contributed by atoms with E-state index in [0.717, 1.165) is 0 Å². The van der Waals surface area contributed by atoms with Gasteiger partial charge in [-0.25, -0.2) is 0 Å². The highest BCUT2D eigenvalue weighted by molar-refractivity contribution is 5.55. The summed E-state index contributed by atoms with van der Waals surface area (Å²) in [4.78, 5) is 25.2. The highest BCUT2D eigenvalue weighted by atomic mass is 16.4. The second kappa shape index (κ2) is 7.24. The maximum absolute atomic E-state index is 5.73. The second-order valence-electron chi connectivity index (χ2n) is 6.25. The molecule has 0 saturated heterocycles. The third-order valence-electron chi connectivity index (χ3n) is 3.90. The van der Waals surface area contributed by atoms with Crippen LogP contribution in [0.15, 0.2) is 66.2 Å². The fourth-order valence-electron chi connectivity index (χ4n) is 2.62. The van der Waals surface area contributed by atoms with Crippen LogP contribution in [0.1, 0.15) is 11.6 Å². The molecule has 2 aromatic carbocycles. The van der Waals surface area contributed by atoms with Gasteiger partial charge in [0.1, 0.15) is 34.0 Å². The summed E-state index contributed by atoms with van der Waals surface area (Å²) < 4.78 is 22.9. The van der Waals surface area contributed by atoms with Crippen LogP contribution in [0.2, 0.25) is 0 Å². The first-order valence-corrected chi connectivity index (χ1v) is 8.96. The quantitative estimate of drug-likeness (QED) is 0.365. The molecule has 0 aliphatic rings. The smallest absolute Gasteiger partial charge is 0.328 e. The Morgan fingerprint density at radius 2 is 0.633 bits per heavy atom. The van der Waals surface area contributed by atoms with Gasteiger partial charge in [-0.15, -0.1) is 9.97 Å². The van der Waals surface area contributed by atoms with E-state index < -0.39 is 0 Å². The maximum Gasteiger partial charge on any atom is 0.328 e. The average molecular weight is 402 g/mol. The molecule has 0 amide bonds. The van der Waals surface area contributed by atoms with Gasteiger partial charge < -0.3 is 17.7 Å². The lowest BCUT2D eigenvalue weighted by Gasteiger charge is -1.96. The van der Waals surface area contributed by atoms with E-state index in [4.69, 9.17) is 17.7 Å². The third-order valence-corrected chi connectivity index (χ3v) is 3.90. The molecule has 8 rings (SSSR count). The standard InChI is InChI=1S/C20H14N6O4/c1-11-21-17-25-18(22-11)28-14-5-9-16(10-6-14)30-20-24-12(2)23-19(26-20)29-15-7-3-13(27-17)4-8-15/h3-10H,1-2H3. The van der Waals surface area contributed by atoms with Crippen LogP contribution in [0.5, 0.6) is 0 Å². The molecule has 0 aliphatic heterocycles. The van der Waals surface area contributed by atoms with Gasteiger partial charge in [-0.3, -0.25) is 0 Å². The second-order valence-corrected chi connectivity index (χ2v) is 6.25. The van der Waals surface area contributed by atoms with Gasteiger partial charge in [0, 0.05) is 0 Å². The lowest BCUT2D eigenvalue weighted by molar-refractivity contribution is 0.578. The van der Waals surface area contributed by atoms with E-state index in [1.165, 1.54) is 0 Å². The fourth-order valence-corrected chi connectivity index (χ4v) is 2.62. The number of aromatic nitrogens is 6. The summed E-state index contributed by atoms with van der Waals surface area (Å²) >= 11 is 0. The van der Waals surface area contributed by atoms with Crippen LogP contribution >= 0.6 is 0 Å². The van der Waals surface area contributed by atoms with Crippen molar-refractivity contribution >= 4 is 45.7 Å². The highest BCUT2D eigenvalue weighted by Gasteiger charge is 2.00. The fraction of sp³-hybridized carbons (Fsp3) is 0.100. The Labute approximate surface area is 167 Å². The van der Waals surface area contributed by atoms with Crippen LogP contribution < -0.4 is 0 Å². The normalized spacial score (nSPS) is 11.0. The molecular formula is C20H14N6O4. The summed E-state index contributed by atoms with van der Waals surface area (Å²) in [6, 6.07) is 13.7. The van der Waals surface area contributed by atoms with Crippen molar-refractivity contribution in [3.63, 3.8) is 0 Å². The molecule has 8 bridgehead atoms. The minimum absolute atomic E-state index is 0.116. The van der Waals surface area contributed by atoms with Crippen LogP contribution in [-0.2, 0) is 0 Å². The van der Waals surface area contributed by atoms with E-state index in [-0.39, 0.29) is 23.4 Å². The summed E-state index contributed by atoms with van der Waals surface area (Å²) in [6.07, 6.45) is 0. The Kier molecular flexibility index (Phi) is 4.28. The van der Waals surface area contributed by atoms with Crippen LogP contribution in [0.3, 0.4) is 0 Å². The lowest BCUT2D eigenvalue weighted by Crippen LogP contribution is -1.91. The van der Waals surface area contributed by atoms with Crippen LogP contribution in [0.25, 0.3) is 45.7 Å². The molecule has 0 N–H and O–H groups in total. The number of nitrogens with zero attached hydrogens (tertiary/aromatic N) is 6. The molecule has 0 unspecified atom stereocenters. The summed E-state index contributed by atoms with van der Waals surface area (Å²) in [5, 5.41) is 0. The third kappa shape index (κ3) is 3.92. The van der Waals surface area contributed by atoms with E-state index in [1.807, 2.05) is 0 Å². The van der Waals surface area contributed by atoms with Gasteiger partial charge in [0.2, 0.25) is 0 Å². The van der Waals surface area contributed by atoms with Gasteiger partial charge in [0.05, 0.1) is 0 Å². The zero-order chi connectivity index (χ0) is 20.5. The van der Waals surface area contributed by atoms with E-state index in [9.17, 15) is 0 Å². The first kappa shape index (κ1) is 17.7. The molecule has 0 saturated carbocycles. The topological polar surface area (TPSA) is 130 Å². The van der Waals surface area contributed by atoms with Crippen LogP contribution in [0.4, 0.5) is 0 Å². The first-order valence-electron chi connectivity index (χ1n) is 8.96. The average Bonchev–Trinajstić information content (AvgIpc) is 2.70. The van der Waals surface area contributed by atoms with Crippen LogP contribution in [0, 0.1) is 13.8 Å². The monoisotopic (exact) mass is 402 g/mol. The van der Waals surface area contributed by atoms with Gasteiger partial charge in [0.25, 0.3) is 0 Å². The number of rotatable bonds is 0. The van der Waals surface area contributed by atoms with E-state index >= 15 is 0 Å². The molecule has 0 atom stereocenters. The molecule has 30 heavy (non-hydrogen) atoms. The summed E-state index contributed by atoms with van der Waals surface area (Å²) in [5.41, 5.74) is 2.06. The van der Waals surface area contributed by atoms with Crippen molar-refractivity contribution in [2.45, 2.75) is 13.8 Å². The largest absolute Gasteiger partial charge is 0.424 e. The zero-order valence-electron chi connectivity index (χ0n) is 15.9. The van der Waals surface area contributed by atoms with Crippen molar-refractivity contribution in [3.8, 4) is 0 Å². The van der Waals surface area contributed by atoms with E-state index in [1.54, 1.807) is 62.4 Å². The number of aryl methyl sites for hydroxylation is 2. The molecule has 148 valence electrons. The summed E-state index contributed by atoms with van der Waals surface area (Å²) in [6.45, 7) is 3.45. The van der Waals surface area contributed by atoms with Gasteiger partial charge in [-0.05, 0) is 62.4 Å². The van der Waals surface area contributed by atoms with Crippen molar-refractivity contribution < 1.29 is 17.7 Å². The van der Waals surface area contributed by atoms with E-state index in [0.29, 0.717) is 34.0 Å². The predicted octanol–water partition coefficient (Wildman–Crippen LogP) is 4.47. The van der Waals surface area contributed by atoms with Gasteiger partial charge in [-0.2, -0.15) is 19.9 Å². The molecule has 0 spiro atoms. The van der Waals surface area contributed by atoms with Crippen molar-refractivity contribution in [3.05, 3.63) is 60.2 Å². The minimum Gasteiger partial charge on any atom is -0.424 e. The van der Waals surface area contributed by atoms with Crippen LogP contribution in [-0.4, -0.2) is 29.9 Å². The number of hydrogen-bond donors (Lipinski definition) is 0. The Morgan fingerprint density at radius 3 is 0.867 bits per heavy atom. The van der Waals surface area contributed by atoms with Gasteiger partial charge >= 0.3 is 23.4 Å². The predicted molar refractivity (Wildman–Crippen MR) is 106 cm³/mol. The maximum atomic E-state index is 5.73. The Morgan fingerprint density at radius 1 is 0.400 bits per heavy atom. The first-order chi connectivity index (χ1) is 14.6. The molecule has 8 aromatic rings. The zero-order valence-corrected chi connectivity index (χ0v) is 15.9. The number of benzene rings is 2. The minimum atomic E-state index is 0.116. The summed E-state index contributed by atoms with van der Waals surface area (Å²) in [5.74, 6) is 1.38. The number of hydrogen-bond acceptors (Lipinski definition) is 10. The summed E-state index contributed by atoms with van der Waals surface area (Å²) in [7, 11) is 0. The van der Waals surface area contributed by atoms with Gasteiger partial charge in [-0.1, -0.05) is 0 Å². The Hall–Kier alpha value is -4.34.